The topological polar surface area (TPSA) is 89.0 Å². The number of hydrogen-bond donors (Lipinski definition) is 0. The fourth-order valence-electron chi connectivity index (χ4n) is 1.85. The van der Waals surface area contributed by atoms with E-state index in [4.69, 9.17) is 10.00 Å². The van der Waals surface area contributed by atoms with Crippen LogP contribution >= 0.6 is 0 Å². The minimum atomic E-state index is -0.679. The van der Waals surface area contributed by atoms with Gasteiger partial charge in [0.15, 0.2) is 0 Å². The number of aromatic nitrogens is 1. The second kappa shape index (κ2) is 5.54. The number of nitrogens with zero attached hydrogens (tertiary/aromatic N) is 3. The van der Waals surface area contributed by atoms with E-state index in [0.717, 1.165) is 18.2 Å². The molecule has 0 atom stereocenters. The third-order valence-electron chi connectivity index (χ3n) is 2.74. The quantitative estimate of drug-likeness (QED) is 0.637. The summed E-state index contributed by atoms with van der Waals surface area (Å²) in [6, 6.07) is 6.29. The van der Waals surface area contributed by atoms with Crippen molar-refractivity contribution in [2.24, 2.45) is 0 Å². The molecule has 0 aliphatic rings. The molecule has 0 unspecified atom stereocenters. The fourth-order valence-corrected chi connectivity index (χ4v) is 1.85. The van der Waals surface area contributed by atoms with Gasteiger partial charge >= 0.3 is 5.69 Å². The fraction of sp³-hybridized carbons (Fsp3) is 0.143. The maximum Gasteiger partial charge on any atom is 0.311 e. The van der Waals surface area contributed by atoms with E-state index in [0.29, 0.717) is 11.4 Å². The van der Waals surface area contributed by atoms with Gasteiger partial charge in [-0.25, -0.2) is 4.39 Å². The summed E-state index contributed by atoms with van der Waals surface area (Å²) in [7, 11) is 0. The van der Waals surface area contributed by atoms with E-state index in [9.17, 15) is 14.5 Å². The Labute approximate surface area is 119 Å². The summed E-state index contributed by atoms with van der Waals surface area (Å²) < 4.78 is 18.7. The molecular weight excluding hydrogens is 277 g/mol. The van der Waals surface area contributed by atoms with E-state index in [1.54, 1.807) is 13.8 Å². The van der Waals surface area contributed by atoms with Crippen LogP contribution < -0.4 is 4.74 Å². The summed E-state index contributed by atoms with van der Waals surface area (Å²) in [5, 5.41) is 20.1. The third-order valence-corrected chi connectivity index (χ3v) is 2.74. The van der Waals surface area contributed by atoms with Crippen LogP contribution in [-0.2, 0) is 0 Å². The zero-order chi connectivity index (χ0) is 15.6. The third kappa shape index (κ3) is 2.95. The highest BCUT2D eigenvalue weighted by Crippen LogP contribution is 2.34. The molecule has 1 heterocycles. The van der Waals surface area contributed by atoms with Crippen LogP contribution in [0.4, 0.5) is 10.1 Å². The molecule has 0 aliphatic carbocycles. The number of nitro groups is 1. The molecule has 6 nitrogen and oxygen atoms in total. The van der Waals surface area contributed by atoms with Crippen LogP contribution in [-0.4, -0.2) is 9.91 Å². The van der Waals surface area contributed by atoms with Gasteiger partial charge in [-0.15, -0.1) is 0 Å². The molecule has 0 bridgehead atoms. The number of ether oxygens (including phenoxy) is 1. The lowest BCUT2D eigenvalue weighted by molar-refractivity contribution is -0.385. The van der Waals surface area contributed by atoms with Crippen molar-refractivity contribution in [3.05, 3.63) is 57.1 Å². The Morgan fingerprint density at radius 3 is 2.67 bits per heavy atom. The Morgan fingerprint density at radius 2 is 2.05 bits per heavy atom. The molecule has 0 N–H and O–H groups in total. The zero-order valence-electron chi connectivity index (χ0n) is 11.3. The van der Waals surface area contributed by atoms with Crippen molar-refractivity contribution in [3.8, 4) is 17.6 Å². The molecule has 1 aromatic carbocycles. The number of rotatable bonds is 3. The molecule has 0 radical (unpaired) electrons. The average Bonchev–Trinajstić information content (AvgIpc) is 2.37. The Balaban J connectivity index is 2.55. The number of benzene rings is 1. The predicted molar refractivity (Wildman–Crippen MR) is 71.6 cm³/mol. The maximum atomic E-state index is 13.3. The van der Waals surface area contributed by atoms with Gasteiger partial charge in [-0.3, -0.25) is 15.1 Å². The van der Waals surface area contributed by atoms with Crippen molar-refractivity contribution in [2.45, 2.75) is 13.8 Å². The van der Waals surface area contributed by atoms with E-state index < -0.39 is 10.7 Å². The number of nitro benzene ring substituents is 1. The Kier molecular flexibility index (Phi) is 3.80. The van der Waals surface area contributed by atoms with Crippen LogP contribution in [0.1, 0.15) is 17.0 Å². The average molecular weight is 287 g/mol. The zero-order valence-corrected chi connectivity index (χ0v) is 11.3. The highest BCUT2D eigenvalue weighted by molar-refractivity contribution is 5.53. The molecule has 106 valence electrons. The van der Waals surface area contributed by atoms with Crippen LogP contribution in [0.5, 0.6) is 11.5 Å². The molecule has 1 aromatic heterocycles. The van der Waals surface area contributed by atoms with Crippen molar-refractivity contribution >= 4 is 5.69 Å². The minimum absolute atomic E-state index is 0.108. The van der Waals surface area contributed by atoms with Crippen LogP contribution in [0.15, 0.2) is 24.3 Å². The van der Waals surface area contributed by atoms with Gasteiger partial charge in [0.1, 0.15) is 23.2 Å². The first kappa shape index (κ1) is 14.4. The predicted octanol–water partition coefficient (Wildman–Crippen LogP) is 3.41. The molecular formula is C14H10FN3O3. The van der Waals surface area contributed by atoms with Crippen LogP contribution in [0.3, 0.4) is 0 Å². The van der Waals surface area contributed by atoms with Crippen LogP contribution in [0.25, 0.3) is 0 Å². The first-order valence-electron chi connectivity index (χ1n) is 5.92. The molecule has 0 saturated heterocycles. The summed E-state index contributed by atoms with van der Waals surface area (Å²) in [5.74, 6) is -0.825. The molecule has 2 rings (SSSR count). The molecule has 21 heavy (non-hydrogen) atoms. The summed E-state index contributed by atoms with van der Waals surface area (Å²) >= 11 is 0. The molecule has 2 aromatic rings. The highest BCUT2D eigenvalue weighted by atomic mass is 19.1. The highest BCUT2D eigenvalue weighted by Gasteiger charge is 2.19. The summed E-state index contributed by atoms with van der Waals surface area (Å²) in [5.41, 5.74) is 0.790. The van der Waals surface area contributed by atoms with E-state index in [1.165, 1.54) is 6.07 Å². The standard InChI is InChI=1S/C14H10FN3O3/c1-8-5-13(11(7-16)9(2)17-8)21-14-6-10(15)3-4-12(14)18(19)20/h3-6H,1-2H3. The number of pyridine rings is 1. The van der Waals surface area contributed by atoms with Gasteiger partial charge in [0.05, 0.1) is 10.6 Å². The van der Waals surface area contributed by atoms with E-state index in [-0.39, 0.29) is 22.7 Å². The number of halogens is 1. The van der Waals surface area contributed by atoms with E-state index in [1.807, 2.05) is 6.07 Å². The summed E-state index contributed by atoms with van der Waals surface area (Å²) in [4.78, 5) is 14.4. The lowest BCUT2D eigenvalue weighted by Gasteiger charge is -2.10. The first-order valence-corrected chi connectivity index (χ1v) is 5.92. The van der Waals surface area contributed by atoms with Crippen LogP contribution in [0, 0.1) is 41.1 Å². The number of nitriles is 1. The number of hydrogen-bond acceptors (Lipinski definition) is 5. The minimum Gasteiger partial charge on any atom is -0.448 e. The largest absolute Gasteiger partial charge is 0.448 e. The molecule has 0 spiro atoms. The van der Waals surface area contributed by atoms with Gasteiger partial charge < -0.3 is 4.74 Å². The van der Waals surface area contributed by atoms with Gasteiger partial charge in [0.2, 0.25) is 5.75 Å². The summed E-state index contributed by atoms with van der Waals surface area (Å²) in [6.45, 7) is 3.32. The first-order chi connectivity index (χ1) is 9.92. The Morgan fingerprint density at radius 1 is 1.33 bits per heavy atom. The lowest BCUT2D eigenvalue weighted by Crippen LogP contribution is -1.99. The van der Waals surface area contributed by atoms with Gasteiger partial charge in [-0.05, 0) is 19.9 Å². The maximum absolute atomic E-state index is 13.3. The van der Waals surface area contributed by atoms with Crippen molar-refractivity contribution in [2.75, 3.05) is 0 Å². The Hall–Kier alpha value is -3.01. The SMILES string of the molecule is Cc1cc(Oc2cc(F)ccc2[N+](=O)[O-])c(C#N)c(C)n1. The van der Waals surface area contributed by atoms with Gasteiger partial charge in [-0.2, -0.15) is 5.26 Å². The monoisotopic (exact) mass is 287 g/mol. The normalized spacial score (nSPS) is 10.0. The van der Waals surface area contributed by atoms with Crippen molar-refractivity contribution in [1.29, 1.82) is 5.26 Å². The lowest BCUT2D eigenvalue weighted by atomic mass is 10.2. The van der Waals surface area contributed by atoms with Crippen LogP contribution in [0.2, 0.25) is 0 Å². The van der Waals surface area contributed by atoms with Crippen molar-refractivity contribution in [1.82, 2.24) is 4.98 Å². The van der Waals surface area contributed by atoms with Crippen molar-refractivity contribution < 1.29 is 14.1 Å². The molecule has 0 aliphatic heterocycles. The van der Waals surface area contributed by atoms with Crippen molar-refractivity contribution in [3.63, 3.8) is 0 Å². The molecule has 0 amide bonds. The van der Waals surface area contributed by atoms with E-state index >= 15 is 0 Å². The smallest absolute Gasteiger partial charge is 0.311 e. The molecule has 0 saturated carbocycles. The van der Waals surface area contributed by atoms with Gasteiger partial charge in [0.25, 0.3) is 0 Å². The molecule has 0 fully saturated rings. The Bertz CT molecular complexity index is 769. The van der Waals surface area contributed by atoms with Gasteiger partial charge in [-0.1, -0.05) is 0 Å². The van der Waals surface area contributed by atoms with E-state index in [2.05, 4.69) is 4.98 Å². The second-order valence-corrected chi connectivity index (χ2v) is 4.31. The summed E-state index contributed by atoms with van der Waals surface area (Å²) in [6.07, 6.45) is 0. The molecule has 7 heteroatoms. The second-order valence-electron chi connectivity index (χ2n) is 4.31. The van der Waals surface area contributed by atoms with Gasteiger partial charge in [0, 0.05) is 23.9 Å². The number of aryl methyl sites for hydroxylation is 2.